The van der Waals surface area contributed by atoms with E-state index in [4.69, 9.17) is 6.57 Å². The van der Waals surface area contributed by atoms with Crippen molar-refractivity contribution in [1.29, 1.82) is 5.26 Å². The van der Waals surface area contributed by atoms with E-state index in [2.05, 4.69) is 74.6 Å². The lowest BCUT2D eigenvalue weighted by Gasteiger charge is -2.54. The van der Waals surface area contributed by atoms with Crippen molar-refractivity contribution in [3.05, 3.63) is 125 Å². The van der Waals surface area contributed by atoms with Crippen molar-refractivity contribution in [2.45, 2.75) is 17.9 Å². The van der Waals surface area contributed by atoms with E-state index >= 15 is 0 Å². The van der Waals surface area contributed by atoms with E-state index in [1.165, 1.54) is 0 Å². The maximum absolute atomic E-state index is 14.7. The highest BCUT2D eigenvalue weighted by molar-refractivity contribution is 6.17. The number of nitrogens with one attached hydrogen (secondary N) is 1. The Labute approximate surface area is 269 Å². The Hall–Kier alpha value is -5.56. The molecule has 0 spiro atoms. The quantitative estimate of drug-likeness (QED) is 0.124. The van der Waals surface area contributed by atoms with Crippen molar-refractivity contribution in [2.24, 2.45) is 0 Å². The molecule has 6 nitrogen and oxygen atoms in total. The van der Waals surface area contributed by atoms with Crippen LogP contribution in [0.15, 0.2) is 102 Å². The van der Waals surface area contributed by atoms with Gasteiger partial charge in [0.05, 0.1) is 18.3 Å². The third-order valence-corrected chi connectivity index (χ3v) is 9.61. The minimum absolute atomic E-state index is 0.00666. The largest absolute Gasteiger partial charge is 0.851 e. The van der Waals surface area contributed by atoms with E-state index in [0.29, 0.717) is 5.57 Å². The Bertz CT molecular complexity index is 2310. The number of hydrogen-bond donors (Lipinski definition) is 1. The van der Waals surface area contributed by atoms with Crippen LogP contribution in [0.4, 0.5) is 17.1 Å². The van der Waals surface area contributed by atoms with Crippen LogP contribution in [0.1, 0.15) is 23.0 Å². The molecule has 6 heteroatoms. The number of hydrogen-bond acceptors (Lipinski definition) is 5. The fourth-order valence-electron chi connectivity index (χ4n) is 7.58. The number of nitriles is 1. The van der Waals surface area contributed by atoms with Gasteiger partial charge in [-0.15, -0.1) is 6.10 Å². The Balaban J connectivity index is 1.50. The van der Waals surface area contributed by atoms with Crippen LogP contribution in [0, 0.1) is 17.9 Å². The first-order chi connectivity index (χ1) is 22.3. The first-order valence-electron chi connectivity index (χ1n) is 15.4. The van der Waals surface area contributed by atoms with Crippen LogP contribution in [0.25, 0.3) is 47.9 Å². The van der Waals surface area contributed by atoms with Crippen LogP contribution in [0.3, 0.4) is 0 Å². The average molecular weight is 601 g/mol. The minimum Gasteiger partial charge on any atom is -0.851 e. The lowest BCUT2D eigenvalue weighted by molar-refractivity contribution is -0.440. The summed E-state index contributed by atoms with van der Waals surface area (Å²) in [6, 6.07) is 33.3. The van der Waals surface area contributed by atoms with Crippen LogP contribution in [0.5, 0.6) is 0 Å². The van der Waals surface area contributed by atoms with Crippen molar-refractivity contribution < 1.29 is 5.11 Å². The second-order valence-corrected chi connectivity index (χ2v) is 12.5. The van der Waals surface area contributed by atoms with E-state index in [1.807, 2.05) is 77.7 Å². The summed E-state index contributed by atoms with van der Waals surface area (Å²) in [7, 11) is 10.0. The Morgan fingerprint density at radius 3 is 1.96 bits per heavy atom. The molecule has 3 unspecified atom stereocenters. The molecule has 1 aliphatic carbocycles. The number of rotatable bonds is 5. The van der Waals surface area contributed by atoms with Crippen LogP contribution < -0.4 is 20.2 Å². The lowest BCUT2D eigenvalue weighted by atomic mass is 9.59. The number of benzene rings is 6. The van der Waals surface area contributed by atoms with Gasteiger partial charge < -0.3 is 20.2 Å². The summed E-state index contributed by atoms with van der Waals surface area (Å²) in [4.78, 5) is 7.90. The van der Waals surface area contributed by atoms with Gasteiger partial charge in [0.25, 0.3) is 5.70 Å². The molecule has 226 valence electrons. The van der Waals surface area contributed by atoms with Crippen LogP contribution in [0.2, 0.25) is 0 Å². The molecule has 46 heavy (non-hydrogen) atoms. The zero-order valence-electron chi connectivity index (χ0n) is 26.6. The molecule has 3 atom stereocenters. The number of fused-ring (bicyclic) bond motifs is 4. The Morgan fingerprint density at radius 2 is 1.35 bits per heavy atom. The summed E-state index contributed by atoms with van der Waals surface area (Å²) >= 11 is 0. The molecule has 0 saturated heterocycles. The van der Waals surface area contributed by atoms with Gasteiger partial charge in [-0.2, -0.15) is 0 Å². The van der Waals surface area contributed by atoms with Gasteiger partial charge in [0.15, 0.2) is 0 Å². The highest BCUT2D eigenvalue weighted by Gasteiger charge is 2.44. The molecule has 0 aromatic heterocycles. The standard InChI is InChI=1S/C40H34N5O/c1-42-32-17-15-28(31-21-25-13-9-10-14-26(25)39(35(31)32)45(5)6)37-38(33(22-41)43-2)36(40(37)46)27-16-18-34(44(3)4)30-20-24-12-8-7-11-23(24)19-29(27)30/h7-21,36-37,40,42H,1,3-6H3/q-1/b38-33-. The normalized spacial score (nSPS) is 18.7. The monoisotopic (exact) mass is 600 g/mol. The summed E-state index contributed by atoms with van der Waals surface area (Å²) < 4.78 is 0. The zero-order chi connectivity index (χ0) is 32.3. The summed E-state index contributed by atoms with van der Waals surface area (Å²) in [6.07, 6.45) is -1.09. The molecule has 1 N–H and O–H groups in total. The summed E-state index contributed by atoms with van der Waals surface area (Å²) in [5.74, 6) is -1.23. The van der Waals surface area contributed by atoms with Crippen LogP contribution in [-0.4, -0.2) is 41.3 Å². The van der Waals surface area contributed by atoms with E-state index in [0.717, 1.165) is 71.3 Å². The molecule has 0 heterocycles. The lowest BCUT2D eigenvalue weighted by Crippen LogP contribution is -2.50. The number of anilines is 3. The Kier molecular flexibility index (Phi) is 7.04. The molecule has 0 bridgehead atoms. The van der Waals surface area contributed by atoms with Gasteiger partial charge in [-0.25, -0.2) is 10.1 Å². The zero-order valence-corrected chi connectivity index (χ0v) is 26.6. The van der Waals surface area contributed by atoms with Gasteiger partial charge in [0.2, 0.25) is 0 Å². The molecule has 0 radical (unpaired) electrons. The highest BCUT2D eigenvalue weighted by Crippen LogP contribution is 2.57. The smallest absolute Gasteiger partial charge is 0.262 e. The van der Waals surface area contributed by atoms with Crippen molar-refractivity contribution in [2.75, 3.05) is 50.4 Å². The predicted molar refractivity (Wildman–Crippen MR) is 190 cm³/mol. The molecule has 0 aliphatic heterocycles. The maximum atomic E-state index is 14.7. The molecule has 1 saturated carbocycles. The summed E-state index contributed by atoms with van der Waals surface area (Å²) in [5.41, 5.74) is 5.41. The maximum Gasteiger partial charge on any atom is 0.262 e. The average Bonchev–Trinajstić information content (AvgIpc) is 3.06. The third-order valence-electron chi connectivity index (χ3n) is 9.61. The van der Waals surface area contributed by atoms with E-state index in [9.17, 15) is 10.4 Å². The summed E-state index contributed by atoms with van der Waals surface area (Å²) in [6.45, 7) is 8.00. The second kappa shape index (κ2) is 11.1. The number of allylic oxidation sites excluding steroid dienone is 1. The second-order valence-electron chi connectivity index (χ2n) is 12.5. The van der Waals surface area contributed by atoms with Gasteiger partial charge in [-0.1, -0.05) is 60.7 Å². The minimum atomic E-state index is -1.09. The molecule has 7 rings (SSSR count). The van der Waals surface area contributed by atoms with Crippen molar-refractivity contribution >= 4 is 60.2 Å². The Morgan fingerprint density at radius 1 is 0.761 bits per heavy atom. The first kappa shape index (κ1) is 29.2. The molecular formula is C40H34N5O-. The topological polar surface area (TPSA) is 69.7 Å². The van der Waals surface area contributed by atoms with Crippen LogP contribution in [-0.2, 0) is 0 Å². The van der Waals surface area contributed by atoms with Crippen LogP contribution >= 0.6 is 0 Å². The molecule has 0 amide bonds. The van der Waals surface area contributed by atoms with Gasteiger partial charge in [0.1, 0.15) is 0 Å². The van der Waals surface area contributed by atoms with Gasteiger partial charge in [0, 0.05) is 62.8 Å². The first-order valence-corrected chi connectivity index (χ1v) is 15.4. The van der Waals surface area contributed by atoms with Crippen molar-refractivity contribution in [1.82, 2.24) is 0 Å². The molecule has 6 aromatic rings. The van der Waals surface area contributed by atoms with E-state index < -0.39 is 17.9 Å². The summed E-state index contributed by atoms with van der Waals surface area (Å²) in [5, 5.41) is 36.7. The van der Waals surface area contributed by atoms with E-state index in [-0.39, 0.29) is 5.70 Å². The van der Waals surface area contributed by atoms with Crippen molar-refractivity contribution in [3.8, 4) is 6.07 Å². The highest BCUT2D eigenvalue weighted by atomic mass is 16.3. The van der Waals surface area contributed by atoms with Crippen molar-refractivity contribution in [3.63, 3.8) is 0 Å². The molecule has 1 aliphatic rings. The third kappa shape index (κ3) is 4.26. The molecule has 6 aromatic carbocycles. The SMILES string of the molecule is [C-]#[N+]/C(C#N)=C1/C(c2ccc(N(C)C)c3cc4ccccc4cc23)C([O-])C1c1ccc(NC)c2c(N(C)C)c3ccccc3cc12. The number of nitrogens with zero attached hydrogens (tertiary/aromatic N) is 4. The fraction of sp³-hybridized carbons (Fsp3) is 0.200. The van der Waals surface area contributed by atoms with Gasteiger partial charge >= 0.3 is 0 Å². The van der Waals surface area contributed by atoms with E-state index in [1.54, 1.807) is 0 Å². The van der Waals surface area contributed by atoms with Gasteiger partial charge in [-0.3, -0.25) is 0 Å². The molecular weight excluding hydrogens is 566 g/mol. The molecule has 1 fully saturated rings. The fourth-order valence-corrected chi connectivity index (χ4v) is 7.58. The van der Waals surface area contributed by atoms with Gasteiger partial charge in [-0.05, 0) is 85.8 Å². The predicted octanol–water partition coefficient (Wildman–Crippen LogP) is 7.78.